The van der Waals surface area contributed by atoms with Gasteiger partial charge < -0.3 is 9.51 Å². The largest absolute Gasteiger partial charge is 0.480 e. The highest BCUT2D eigenvalue weighted by atomic mass is 35.5. The van der Waals surface area contributed by atoms with Gasteiger partial charge in [0.1, 0.15) is 5.65 Å². The molecule has 2 aromatic rings. The monoisotopic (exact) mass is 308 g/mol. The molecule has 0 unspecified atom stereocenters. The molecule has 7 heteroatoms. The van der Waals surface area contributed by atoms with Crippen LogP contribution < -0.4 is 0 Å². The number of carbonyl (C=O) groups is 1. The summed E-state index contributed by atoms with van der Waals surface area (Å²) in [6.45, 7) is 4.20. The van der Waals surface area contributed by atoms with Gasteiger partial charge in [-0.25, -0.2) is 4.98 Å². The van der Waals surface area contributed by atoms with E-state index in [0.29, 0.717) is 5.02 Å². The van der Waals surface area contributed by atoms with E-state index in [-0.39, 0.29) is 6.54 Å². The van der Waals surface area contributed by atoms with E-state index < -0.39 is 5.97 Å². The summed E-state index contributed by atoms with van der Waals surface area (Å²) in [5.74, 6) is -0.763. The first-order chi connectivity index (χ1) is 10.1. The quantitative estimate of drug-likeness (QED) is 0.919. The molecule has 0 amide bonds. The van der Waals surface area contributed by atoms with Crippen LogP contribution in [-0.2, 0) is 11.3 Å². The molecule has 0 radical (unpaired) electrons. The second-order valence-electron chi connectivity index (χ2n) is 5.29. The van der Waals surface area contributed by atoms with Gasteiger partial charge in [-0.15, -0.1) is 0 Å². The van der Waals surface area contributed by atoms with E-state index in [2.05, 4.69) is 9.88 Å². The Morgan fingerprint density at radius 1 is 1.19 bits per heavy atom. The summed E-state index contributed by atoms with van der Waals surface area (Å²) < 4.78 is 1.93. The zero-order valence-electron chi connectivity index (χ0n) is 11.6. The molecule has 0 spiro atoms. The van der Waals surface area contributed by atoms with Crippen LogP contribution in [0.3, 0.4) is 0 Å². The average Bonchev–Trinajstić information content (AvgIpc) is 2.82. The molecule has 0 atom stereocenters. The molecule has 0 aromatic carbocycles. The number of aliphatic carboxylic acids is 1. The van der Waals surface area contributed by atoms with Gasteiger partial charge >= 0.3 is 5.97 Å². The van der Waals surface area contributed by atoms with Crippen LogP contribution >= 0.6 is 11.6 Å². The molecule has 3 heterocycles. The van der Waals surface area contributed by atoms with E-state index in [1.807, 2.05) is 33.8 Å². The molecule has 1 saturated heterocycles. The molecule has 0 saturated carbocycles. The zero-order valence-corrected chi connectivity index (χ0v) is 12.3. The third kappa shape index (κ3) is 3.53. The topological polar surface area (TPSA) is 61.1 Å². The Balaban J connectivity index is 1.60. The SMILES string of the molecule is O=C(O)CN1CCN(Cc2cn3cc(Cl)ccc3n2)CC1. The van der Waals surface area contributed by atoms with E-state index in [0.717, 1.165) is 44.1 Å². The summed E-state index contributed by atoms with van der Waals surface area (Å²) in [5, 5.41) is 9.48. The molecule has 3 rings (SSSR count). The molecule has 2 aromatic heterocycles. The lowest BCUT2D eigenvalue weighted by Gasteiger charge is -2.33. The molecular formula is C14H17ClN4O2. The molecule has 0 aliphatic carbocycles. The number of fused-ring (bicyclic) bond motifs is 1. The van der Waals surface area contributed by atoms with Crippen molar-refractivity contribution in [1.29, 1.82) is 0 Å². The van der Waals surface area contributed by atoms with E-state index in [9.17, 15) is 4.79 Å². The van der Waals surface area contributed by atoms with Gasteiger partial charge in [-0.05, 0) is 12.1 Å². The van der Waals surface area contributed by atoms with Crippen molar-refractivity contribution in [2.75, 3.05) is 32.7 Å². The highest BCUT2D eigenvalue weighted by Gasteiger charge is 2.19. The smallest absolute Gasteiger partial charge is 0.317 e. The minimum atomic E-state index is -0.763. The molecule has 112 valence electrons. The summed E-state index contributed by atoms with van der Waals surface area (Å²) in [6.07, 6.45) is 3.84. The van der Waals surface area contributed by atoms with Crippen molar-refractivity contribution in [2.45, 2.75) is 6.54 Å². The number of hydrogen-bond donors (Lipinski definition) is 1. The van der Waals surface area contributed by atoms with Crippen molar-refractivity contribution in [2.24, 2.45) is 0 Å². The van der Waals surface area contributed by atoms with E-state index in [1.165, 1.54) is 0 Å². The molecule has 1 aliphatic rings. The van der Waals surface area contributed by atoms with Crippen molar-refractivity contribution in [3.8, 4) is 0 Å². The van der Waals surface area contributed by atoms with Crippen LogP contribution in [0.1, 0.15) is 5.69 Å². The third-order valence-corrected chi connectivity index (χ3v) is 3.90. The molecule has 1 N–H and O–H groups in total. The van der Waals surface area contributed by atoms with Gasteiger partial charge in [0.25, 0.3) is 0 Å². The number of imidazole rings is 1. The Bertz CT molecular complexity index is 649. The first-order valence-corrected chi connectivity index (χ1v) is 7.27. The molecule has 6 nitrogen and oxygen atoms in total. The fraction of sp³-hybridized carbons (Fsp3) is 0.429. The summed E-state index contributed by atoms with van der Waals surface area (Å²) in [6, 6.07) is 3.73. The summed E-state index contributed by atoms with van der Waals surface area (Å²) in [7, 11) is 0. The lowest BCUT2D eigenvalue weighted by molar-refractivity contribution is -0.138. The van der Waals surface area contributed by atoms with E-state index in [4.69, 9.17) is 16.7 Å². The van der Waals surface area contributed by atoms with Gasteiger partial charge in [0, 0.05) is 45.1 Å². The highest BCUT2D eigenvalue weighted by Crippen LogP contribution is 2.13. The lowest BCUT2D eigenvalue weighted by atomic mass is 10.3. The number of rotatable bonds is 4. The minimum absolute atomic E-state index is 0.126. The Morgan fingerprint density at radius 3 is 2.62 bits per heavy atom. The number of halogens is 1. The van der Waals surface area contributed by atoms with Crippen LogP contribution in [0.25, 0.3) is 5.65 Å². The van der Waals surface area contributed by atoms with Gasteiger partial charge in [-0.2, -0.15) is 0 Å². The van der Waals surface area contributed by atoms with Gasteiger partial charge in [-0.1, -0.05) is 11.6 Å². The third-order valence-electron chi connectivity index (χ3n) is 3.67. The summed E-state index contributed by atoms with van der Waals surface area (Å²) in [4.78, 5) is 19.5. The van der Waals surface area contributed by atoms with Crippen LogP contribution in [0.4, 0.5) is 0 Å². The summed E-state index contributed by atoms with van der Waals surface area (Å²) >= 11 is 5.96. The van der Waals surface area contributed by atoms with E-state index >= 15 is 0 Å². The van der Waals surface area contributed by atoms with Gasteiger partial charge in [0.15, 0.2) is 0 Å². The Labute approximate surface area is 127 Å². The fourth-order valence-electron chi connectivity index (χ4n) is 2.62. The minimum Gasteiger partial charge on any atom is -0.480 e. The van der Waals surface area contributed by atoms with Crippen LogP contribution in [0.15, 0.2) is 24.5 Å². The van der Waals surface area contributed by atoms with Crippen molar-refractivity contribution in [3.05, 3.63) is 35.2 Å². The number of piperazine rings is 1. The first-order valence-electron chi connectivity index (χ1n) is 6.90. The van der Waals surface area contributed by atoms with Crippen LogP contribution in [-0.4, -0.2) is 63.0 Å². The van der Waals surface area contributed by atoms with Crippen LogP contribution in [0, 0.1) is 0 Å². The van der Waals surface area contributed by atoms with Gasteiger partial charge in [0.2, 0.25) is 0 Å². The number of nitrogens with zero attached hydrogens (tertiary/aromatic N) is 4. The molecule has 1 aliphatic heterocycles. The van der Waals surface area contributed by atoms with Crippen molar-refractivity contribution in [3.63, 3.8) is 0 Å². The Morgan fingerprint density at radius 2 is 1.90 bits per heavy atom. The number of carboxylic acids is 1. The predicted octanol–water partition coefficient (Wildman–Crippen LogP) is 1.19. The summed E-state index contributed by atoms with van der Waals surface area (Å²) in [5.41, 5.74) is 1.89. The average molecular weight is 309 g/mol. The maximum atomic E-state index is 10.7. The Hall–Kier alpha value is -1.63. The van der Waals surface area contributed by atoms with Crippen LogP contribution in [0.2, 0.25) is 5.02 Å². The van der Waals surface area contributed by atoms with Crippen molar-refractivity contribution < 1.29 is 9.90 Å². The number of aromatic nitrogens is 2. The second kappa shape index (κ2) is 6.01. The van der Waals surface area contributed by atoms with Gasteiger partial charge in [0.05, 0.1) is 17.3 Å². The second-order valence-corrected chi connectivity index (χ2v) is 5.73. The molecule has 0 bridgehead atoms. The maximum absolute atomic E-state index is 10.7. The lowest BCUT2D eigenvalue weighted by Crippen LogP contribution is -2.47. The van der Waals surface area contributed by atoms with E-state index in [1.54, 1.807) is 0 Å². The predicted molar refractivity (Wildman–Crippen MR) is 79.6 cm³/mol. The first kappa shape index (κ1) is 14.3. The highest BCUT2D eigenvalue weighted by molar-refractivity contribution is 6.30. The fourth-order valence-corrected chi connectivity index (χ4v) is 2.79. The number of pyridine rings is 1. The van der Waals surface area contributed by atoms with Crippen molar-refractivity contribution in [1.82, 2.24) is 19.2 Å². The maximum Gasteiger partial charge on any atom is 0.317 e. The van der Waals surface area contributed by atoms with Crippen LogP contribution in [0.5, 0.6) is 0 Å². The standard InChI is InChI=1S/C14H17ClN4O2/c15-11-1-2-13-16-12(9-19(13)7-11)8-17-3-5-18(6-4-17)10-14(20)21/h1-2,7,9H,3-6,8,10H2,(H,20,21). The molecule has 21 heavy (non-hydrogen) atoms. The Kier molecular flexibility index (Phi) is 4.10. The molecule has 1 fully saturated rings. The van der Waals surface area contributed by atoms with Crippen molar-refractivity contribution >= 4 is 23.2 Å². The molecular weight excluding hydrogens is 292 g/mol. The normalized spacial score (nSPS) is 17.4. The number of carboxylic acid groups (broad SMARTS) is 1. The number of hydrogen-bond acceptors (Lipinski definition) is 4. The zero-order chi connectivity index (χ0) is 14.8. The van der Waals surface area contributed by atoms with Gasteiger partial charge in [-0.3, -0.25) is 14.6 Å².